The molecule has 0 aliphatic rings. The summed E-state index contributed by atoms with van der Waals surface area (Å²) in [4.78, 5) is 22.8. The highest BCUT2D eigenvalue weighted by molar-refractivity contribution is 5.90. The monoisotopic (exact) mass is 301 g/mol. The molecule has 1 aromatic carbocycles. The van der Waals surface area contributed by atoms with Crippen LogP contribution in [-0.4, -0.2) is 26.8 Å². The molecule has 22 heavy (non-hydrogen) atoms. The van der Waals surface area contributed by atoms with E-state index in [1.54, 1.807) is 42.1 Å². The fourth-order valence-corrected chi connectivity index (χ4v) is 2.08. The SMILES string of the molecule is CC(C(=O)O)c1ccc(NC(=O)CCc2cnn(C)c2)cc1. The number of carbonyl (C=O) groups is 2. The number of nitrogens with zero attached hydrogens (tertiary/aromatic N) is 2. The first-order valence-electron chi connectivity index (χ1n) is 7.06. The van der Waals surface area contributed by atoms with Gasteiger partial charge in [0.15, 0.2) is 0 Å². The fraction of sp³-hybridized carbons (Fsp3) is 0.312. The first-order valence-corrected chi connectivity index (χ1v) is 7.06. The second-order valence-electron chi connectivity index (χ2n) is 5.25. The minimum atomic E-state index is -0.867. The number of benzene rings is 1. The van der Waals surface area contributed by atoms with Gasteiger partial charge in [-0.1, -0.05) is 12.1 Å². The van der Waals surface area contributed by atoms with Crippen molar-refractivity contribution < 1.29 is 14.7 Å². The molecule has 0 saturated heterocycles. The van der Waals surface area contributed by atoms with Gasteiger partial charge in [0, 0.05) is 25.4 Å². The maximum atomic E-state index is 11.9. The average Bonchev–Trinajstić information content (AvgIpc) is 2.91. The van der Waals surface area contributed by atoms with E-state index in [0.29, 0.717) is 24.1 Å². The molecule has 1 aromatic heterocycles. The molecule has 1 unspecified atom stereocenters. The third-order valence-corrected chi connectivity index (χ3v) is 3.46. The van der Waals surface area contributed by atoms with Gasteiger partial charge >= 0.3 is 5.97 Å². The Kier molecular flexibility index (Phi) is 4.93. The van der Waals surface area contributed by atoms with Crippen LogP contribution in [0.3, 0.4) is 0 Å². The maximum Gasteiger partial charge on any atom is 0.310 e. The Morgan fingerprint density at radius 2 is 2.00 bits per heavy atom. The molecule has 2 N–H and O–H groups in total. The van der Waals surface area contributed by atoms with Crippen LogP contribution in [0.2, 0.25) is 0 Å². The van der Waals surface area contributed by atoms with Crippen LogP contribution in [0.1, 0.15) is 30.4 Å². The van der Waals surface area contributed by atoms with Gasteiger partial charge in [-0.2, -0.15) is 5.10 Å². The van der Waals surface area contributed by atoms with Crippen molar-refractivity contribution in [1.82, 2.24) is 9.78 Å². The van der Waals surface area contributed by atoms with Crippen LogP contribution in [0.25, 0.3) is 0 Å². The Morgan fingerprint density at radius 3 is 2.55 bits per heavy atom. The number of amides is 1. The molecule has 0 fully saturated rings. The summed E-state index contributed by atoms with van der Waals surface area (Å²) in [7, 11) is 1.84. The van der Waals surface area contributed by atoms with Crippen molar-refractivity contribution >= 4 is 17.6 Å². The Morgan fingerprint density at radius 1 is 1.32 bits per heavy atom. The Balaban J connectivity index is 1.87. The molecule has 2 aromatic rings. The molecule has 0 saturated carbocycles. The number of carboxylic acid groups (broad SMARTS) is 1. The van der Waals surface area contributed by atoms with Gasteiger partial charge in [-0.05, 0) is 36.6 Å². The summed E-state index contributed by atoms with van der Waals surface area (Å²) in [6.45, 7) is 1.63. The van der Waals surface area contributed by atoms with Crippen LogP contribution >= 0.6 is 0 Å². The Hall–Kier alpha value is -2.63. The summed E-state index contributed by atoms with van der Waals surface area (Å²) in [5.74, 6) is -1.51. The van der Waals surface area contributed by atoms with E-state index >= 15 is 0 Å². The number of hydrogen-bond donors (Lipinski definition) is 2. The number of aliphatic carboxylic acids is 1. The van der Waals surface area contributed by atoms with E-state index in [1.165, 1.54) is 0 Å². The summed E-state index contributed by atoms with van der Waals surface area (Å²) in [5.41, 5.74) is 2.39. The molecule has 116 valence electrons. The van der Waals surface area contributed by atoms with Crippen molar-refractivity contribution in [3.05, 3.63) is 47.8 Å². The van der Waals surface area contributed by atoms with Crippen molar-refractivity contribution in [2.24, 2.45) is 7.05 Å². The van der Waals surface area contributed by atoms with Crippen LogP contribution in [0.5, 0.6) is 0 Å². The van der Waals surface area contributed by atoms with E-state index < -0.39 is 11.9 Å². The minimum Gasteiger partial charge on any atom is -0.481 e. The Bertz CT molecular complexity index is 662. The molecular weight excluding hydrogens is 282 g/mol. The van der Waals surface area contributed by atoms with Gasteiger partial charge in [0.2, 0.25) is 5.91 Å². The first-order chi connectivity index (χ1) is 10.5. The van der Waals surface area contributed by atoms with Crippen molar-refractivity contribution in [3.63, 3.8) is 0 Å². The van der Waals surface area contributed by atoms with E-state index in [9.17, 15) is 9.59 Å². The molecular formula is C16H19N3O3. The van der Waals surface area contributed by atoms with Gasteiger partial charge in [0.05, 0.1) is 12.1 Å². The molecule has 0 bridgehead atoms. The van der Waals surface area contributed by atoms with Gasteiger partial charge in [-0.15, -0.1) is 0 Å². The lowest BCUT2D eigenvalue weighted by molar-refractivity contribution is -0.138. The second-order valence-corrected chi connectivity index (χ2v) is 5.25. The van der Waals surface area contributed by atoms with Crippen LogP contribution in [0.4, 0.5) is 5.69 Å². The Labute approximate surface area is 128 Å². The van der Waals surface area contributed by atoms with Crippen molar-refractivity contribution in [2.45, 2.75) is 25.7 Å². The van der Waals surface area contributed by atoms with E-state index in [4.69, 9.17) is 5.11 Å². The highest BCUT2D eigenvalue weighted by atomic mass is 16.4. The number of aryl methyl sites for hydroxylation is 2. The van der Waals surface area contributed by atoms with E-state index in [-0.39, 0.29) is 5.91 Å². The van der Waals surface area contributed by atoms with Gasteiger partial charge in [0.25, 0.3) is 0 Å². The number of aromatic nitrogens is 2. The zero-order chi connectivity index (χ0) is 16.1. The largest absolute Gasteiger partial charge is 0.481 e. The fourth-order valence-electron chi connectivity index (χ4n) is 2.08. The molecule has 1 heterocycles. The van der Waals surface area contributed by atoms with E-state index in [1.807, 2.05) is 13.2 Å². The van der Waals surface area contributed by atoms with E-state index in [2.05, 4.69) is 10.4 Å². The summed E-state index contributed by atoms with van der Waals surface area (Å²) in [5, 5.41) is 15.8. The topological polar surface area (TPSA) is 84.2 Å². The van der Waals surface area contributed by atoms with Crippen molar-refractivity contribution in [2.75, 3.05) is 5.32 Å². The summed E-state index contributed by atoms with van der Waals surface area (Å²) < 4.78 is 1.70. The highest BCUT2D eigenvalue weighted by Gasteiger charge is 2.13. The maximum absolute atomic E-state index is 11.9. The molecule has 2 rings (SSSR count). The lowest BCUT2D eigenvalue weighted by atomic mass is 10.0. The zero-order valence-electron chi connectivity index (χ0n) is 12.6. The van der Waals surface area contributed by atoms with Crippen LogP contribution < -0.4 is 5.32 Å². The zero-order valence-corrected chi connectivity index (χ0v) is 12.6. The average molecular weight is 301 g/mol. The molecule has 1 amide bonds. The number of carboxylic acids is 1. The van der Waals surface area contributed by atoms with Crippen LogP contribution in [0.15, 0.2) is 36.7 Å². The number of carbonyl (C=O) groups excluding carboxylic acids is 1. The van der Waals surface area contributed by atoms with Gasteiger partial charge in [-0.25, -0.2) is 0 Å². The number of rotatable bonds is 6. The number of hydrogen-bond acceptors (Lipinski definition) is 3. The second kappa shape index (κ2) is 6.89. The van der Waals surface area contributed by atoms with E-state index in [0.717, 1.165) is 5.56 Å². The van der Waals surface area contributed by atoms with Crippen LogP contribution in [-0.2, 0) is 23.1 Å². The summed E-state index contributed by atoms with van der Waals surface area (Å²) in [6, 6.07) is 6.87. The van der Waals surface area contributed by atoms with Crippen molar-refractivity contribution in [1.29, 1.82) is 0 Å². The van der Waals surface area contributed by atoms with Gasteiger partial charge < -0.3 is 10.4 Å². The number of nitrogens with one attached hydrogen (secondary N) is 1. The summed E-state index contributed by atoms with van der Waals surface area (Å²) in [6.07, 6.45) is 4.64. The third kappa shape index (κ3) is 4.18. The lowest BCUT2D eigenvalue weighted by Gasteiger charge is -2.09. The molecule has 0 aliphatic carbocycles. The highest BCUT2D eigenvalue weighted by Crippen LogP contribution is 2.18. The number of anilines is 1. The molecule has 0 radical (unpaired) electrons. The minimum absolute atomic E-state index is 0.0807. The predicted molar refractivity (Wildman–Crippen MR) is 82.7 cm³/mol. The van der Waals surface area contributed by atoms with Crippen molar-refractivity contribution in [3.8, 4) is 0 Å². The lowest BCUT2D eigenvalue weighted by Crippen LogP contribution is -2.12. The molecule has 6 heteroatoms. The third-order valence-electron chi connectivity index (χ3n) is 3.46. The normalized spacial score (nSPS) is 11.9. The quantitative estimate of drug-likeness (QED) is 0.856. The standard InChI is InChI=1S/C16H19N3O3/c1-11(16(21)22)13-4-6-14(7-5-13)18-15(20)8-3-12-9-17-19(2)10-12/h4-7,9-11H,3,8H2,1-2H3,(H,18,20)(H,21,22). The van der Waals surface area contributed by atoms with Gasteiger partial charge in [0.1, 0.15) is 0 Å². The smallest absolute Gasteiger partial charge is 0.310 e. The van der Waals surface area contributed by atoms with Crippen LogP contribution in [0, 0.1) is 0 Å². The molecule has 0 aliphatic heterocycles. The molecule has 6 nitrogen and oxygen atoms in total. The molecule has 1 atom stereocenters. The predicted octanol–water partition coefficient (Wildman–Crippen LogP) is 2.18. The first kappa shape index (κ1) is 15.8. The van der Waals surface area contributed by atoms with Gasteiger partial charge in [-0.3, -0.25) is 14.3 Å². The molecule has 0 spiro atoms. The summed E-state index contributed by atoms with van der Waals surface area (Å²) >= 11 is 0.